The summed E-state index contributed by atoms with van der Waals surface area (Å²) >= 11 is 3.59. The van der Waals surface area contributed by atoms with Crippen LogP contribution in [-0.4, -0.2) is 88.4 Å². The van der Waals surface area contributed by atoms with Gasteiger partial charge in [-0.05, 0) is 81.7 Å². The first-order valence-corrected chi connectivity index (χ1v) is 15.8. The van der Waals surface area contributed by atoms with Crippen LogP contribution in [0.25, 0.3) is 16.9 Å². The minimum Gasteiger partial charge on any atom is -0.355 e. The molecule has 212 valence electrons. The van der Waals surface area contributed by atoms with E-state index < -0.39 is 0 Å². The first-order chi connectivity index (χ1) is 19.4. The summed E-state index contributed by atoms with van der Waals surface area (Å²) in [5, 5.41) is 7.98. The minimum atomic E-state index is -0.245. The van der Waals surface area contributed by atoms with Gasteiger partial charge in [0.1, 0.15) is 11.6 Å². The van der Waals surface area contributed by atoms with Crippen LogP contribution in [0, 0.1) is 17.7 Å². The zero-order chi connectivity index (χ0) is 27.8. The van der Waals surface area contributed by atoms with Gasteiger partial charge in [0.25, 0.3) is 0 Å². The summed E-state index contributed by atoms with van der Waals surface area (Å²) in [6.07, 6.45) is 2.03. The van der Waals surface area contributed by atoms with Crippen LogP contribution in [0.3, 0.4) is 0 Å². The molecule has 0 spiro atoms. The summed E-state index contributed by atoms with van der Waals surface area (Å²) < 4.78 is 18.0. The molecular formula is C29H37FN8S2. The molecular weight excluding hydrogens is 544 g/mol. The van der Waals surface area contributed by atoms with Crippen LogP contribution in [0.1, 0.15) is 19.0 Å². The van der Waals surface area contributed by atoms with E-state index in [1.54, 1.807) is 23.5 Å². The number of fused-ring (bicyclic) bond motifs is 2. The van der Waals surface area contributed by atoms with E-state index in [4.69, 9.17) is 15.1 Å². The van der Waals surface area contributed by atoms with Gasteiger partial charge < -0.3 is 14.7 Å². The maximum absolute atomic E-state index is 13.4. The molecule has 2 aliphatic heterocycles. The maximum Gasteiger partial charge on any atom is 0.191 e. The zero-order valence-electron chi connectivity index (χ0n) is 23.6. The van der Waals surface area contributed by atoms with Gasteiger partial charge in [0.05, 0.1) is 11.4 Å². The van der Waals surface area contributed by atoms with Crippen molar-refractivity contribution in [3.05, 3.63) is 53.3 Å². The molecule has 2 saturated heterocycles. The SMILES string of the molecule is CCc1nc2ccc(N3CC4CN(SCCCN(C)C)CC4C3)nn2c1N(C)c1nc(-c2ccc(F)cc2)cs1. The van der Waals surface area contributed by atoms with Gasteiger partial charge >= 0.3 is 0 Å². The molecule has 0 saturated carbocycles. The van der Waals surface area contributed by atoms with Crippen molar-refractivity contribution >= 4 is 45.7 Å². The summed E-state index contributed by atoms with van der Waals surface area (Å²) in [4.78, 5) is 16.6. The molecule has 40 heavy (non-hydrogen) atoms. The summed E-state index contributed by atoms with van der Waals surface area (Å²) in [5.74, 6) is 4.28. The van der Waals surface area contributed by atoms with Crippen LogP contribution in [0.4, 0.5) is 21.2 Å². The second-order valence-electron chi connectivity index (χ2n) is 11.0. The first kappa shape index (κ1) is 27.4. The molecule has 1 aromatic carbocycles. The largest absolute Gasteiger partial charge is 0.355 e. The molecule has 2 fully saturated rings. The average Bonchev–Trinajstić information content (AvgIpc) is 3.72. The highest BCUT2D eigenvalue weighted by Gasteiger charge is 2.40. The molecule has 5 heterocycles. The van der Waals surface area contributed by atoms with Crippen molar-refractivity contribution in [3.8, 4) is 11.3 Å². The monoisotopic (exact) mass is 580 g/mol. The fourth-order valence-electron chi connectivity index (χ4n) is 5.78. The van der Waals surface area contributed by atoms with E-state index in [2.05, 4.69) is 52.2 Å². The topological polar surface area (TPSA) is 56.0 Å². The second kappa shape index (κ2) is 11.6. The predicted molar refractivity (Wildman–Crippen MR) is 164 cm³/mol. The highest BCUT2D eigenvalue weighted by Crippen LogP contribution is 2.37. The number of aromatic nitrogens is 4. The number of aryl methyl sites for hydroxylation is 1. The van der Waals surface area contributed by atoms with E-state index >= 15 is 0 Å². The molecule has 2 atom stereocenters. The first-order valence-electron chi connectivity index (χ1n) is 14.0. The smallest absolute Gasteiger partial charge is 0.191 e. The number of hydrogen-bond acceptors (Lipinski definition) is 9. The Labute approximate surface area is 243 Å². The Morgan fingerprint density at radius 1 is 1.00 bits per heavy atom. The van der Waals surface area contributed by atoms with Gasteiger partial charge in [-0.25, -0.2) is 18.7 Å². The van der Waals surface area contributed by atoms with Gasteiger partial charge in [0.15, 0.2) is 16.6 Å². The molecule has 0 radical (unpaired) electrons. The molecule has 0 aliphatic carbocycles. The molecule has 0 N–H and O–H groups in total. The van der Waals surface area contributed by atoms with E-state index in [0.29, 0.717) is 11.8 Å². The lowest BCUT2D eigenvalue weighted by molar-refractivity contribution is 0.409. The Hall–Kier alpha value is -2.73. The Balaban J connectivity index is 1.18. The van der Waals surface area contributed by atoms with Crippen LogP contribution >= 0.6 is 23.3 Å². The Morgan fingerprint density at radius 3 is 2.45 bits per heavy atom. The Bertz CT molecular complexity index is 1440. The van der Waals surface area contributed by atoms with Gasteiger partial charge in [-0.2, -0.15) is 4.52 Å². The highest BCUT2D eigenvalue weighted by molar-refractivity contribution is 7.97. The standard InChI is InChI=1S/C29H37FN8S2/c1-5-24-28(35(4)29-32-25(19-39-29)20-7-9-23(30)10-8-20)38-26(31-24)11-12-27(33-38)36-15-21-17-37(18-22(21)16-36)40-14-6-13-34(2)3/h7-12,19,21-22H,5-6,13-18H2,1-4H3. The number of thiazole rings is 1. The van der Waals surface area contributed by atoms with Gasteiger partial charge in [-0.3, -0.25) is 0 Å². The van der Waals surface area contributed by atoms with Gasteiger partial charge in [-0.1, -0.05) is 18.9 Å². The number of hydrogen-bond donors (Lipinski definition) is 0. The zero-order valence-corrected chi connectivity index (χ0v) is 25.3. The fourth-order valence-corrected chi connectivity index (χ4v) is 7.69. The van der Waals surface area contributed by atoms with Crippen LogP contribution in [-0.2, 0) is 6.42 Å². The molecule has 0 amide bonds. The lowest BCUT2D eigenvalue weighted by atomic mass is 10.0. The second-order valence-corrected chi connectivity index (χ2v) is 13.1. The van der Waals surface area contributed by atoms with Crippen LogP contribution in [0.2, 0.25) is 0 Å². The normalized spacial score (nSPS) is 19.3. The van der Waals surface area contributed by atoms with Gasteiger partial charge in [0.2, 0.25) is 0 Å². The fraction of sp³-hybridized carbons (Fsp3) is 0.483. The lowest BCUT2D eigenvalue weighted by Gasteiger charge is -2.22. The quantitative estimate of drug-likeness (QED) is 0.185. The van der Waals surface area contributed by atoms with Crippen LogP contribution in [0.5, 0.6) is 0 Å². The molecule has 4 aromatic rings. The van der Waals surface area contributed by atoms with Crippen molar-refractivity contribution in [3.63, 3.8) is 0 Å². The molecule has 2 aliphatic rings. The van der Waals surface area contributed by atoms with Crippen molar-refractivity contribution in [2.24, 2.45) is 11.8 Å². The summed E-state index contributed by atoms with van der Waals surface area (Å²) in [6.45, 7) is 7.69. The molecule has 6 rings (SSSR count). The molecule has 3 aromatic heterocycles. The molecule has 8 nitrogen and oxygen atoms in total. The summed E-state index contributed by atoms with van der Waals surface area (Å²) in [5.41, 5.74) is 3.57. The number of halogens is 1. The number of nitrogens with zero attached hydrogens (tertiary/aromatic N) is 8. The predicted octanol–water partition coefficient (Wildman–Crippen LogP) is 5.29. The van der Waals surface area contributed by atoms with E-state index in [1.807, 2.05) is 28.9 Å². The van der Waals surface area contributed by atoms with Gasteiger partial charge in [0, 0.05) is 49.9 Å². The van der Waals surface area contributed by atoms with E-state index in [-0.39, 0.29) is 5.82 Å². The lowest BCUT2D eigenvalue weighted by Crippen LogP contribution is -2.27. The summed E-state index contributed by atoms with van der Waals surface area (Å²) in [7, 11) is 6.31. The molecule has 0 bridgehead atoms. The molecule has 11 heteroatoms. The Kier molecular flexibility index (Phi) is 7.98. The van der Waals surface area contributed by atoms with Crippen molar-refractivity contribution in [1.82, 2.24) is 28.8 Å². The number of imidazole rings is 1. The number of anilines is 3. The van der Waals surface area contributed by atoms with Crippen LogP contribution < -0.4 is 9.80 Å². The third-order valence-corrected chi connectivity index (χ3v) is 9.93. The molecule has 2 unspecified atom stereocenters. The van der Waals surface area contributed by atoms with Crippen LogP contribution in [0.15, 0.2) is 41.8 Å². The minimum absolute atomic E-state index is 0.245. The van der Waals surface area contributed by atoms with Crippen molar-refractivity contribution in [2.45, 2.75) is 19.8 Å². The van der Waals surface area contributed by atoms with E-state index in [0.717, 1.165) is 78.5 Å². The number of rotatable bonds is 10. The average molecular weight is 581 g/mol. The third kappa shape index (κ3) is 5.57. The van der Waals surface area contributed by atoms with E-state index in [9.17, 15) is 4.39 Å². The number of benzene rings is 1. The van der Waals surface area contributed by atoms with E-state index in [1.165, 1.54) is 24.3 Å². The third-order valence-electron chi connectivity index (χ3n) is 7.88. The maximum atomic E-state index is 13.4. The van der Waals surface area contributed by atoms with Crippen molar-refractivity contribution in [1.29, 1.82) is 0 Å². The Morgan fingerprint density at radius 2 is 1.75 bits per heavy atom. The van der Waals surface area contributed by atoms with Crippen molar-refractivity contribution in [2.75, 3.05) is 69.4 Å². The van der Waals surface area contributed by atoms with Gasteiger partial charge in [-0.15, -0.1) is 16.4 Å². The van der Waals surface area contributed by atoms with Crippen molar-refractivity contribution < 1.29 is 4.39 Å². The summed E-state index contributed by atoms with van der Waals surface area (Å²) in [6, 6.07) is 10.7. The highest BCUT2D eigenvalue weighted by atomic mass is 32.2.